The van der Waals surface area contributed by atoms with E-state index in [9.17, 15) is 5.11 Å². The van der Waals surface area contributed by atoms with Gasteiger partial charge in [0.2, 0.25) is 0 Å². The summed E-state index contributed by atoms with van der Waals surface area (Å²) in [5, 5.41) is 11.2. The van der Waals surface area contributed by atoms with Gasteiger partial charge in [-0.15, -0.1) is 0 Å². The second-order valence-corrected chi connectivity index (χ2v) is 11.9. The third-order valence-electron chi connectivity index (χ3n) is 6.98. The van der Waals surface area contributed by atoms with E-state index < -0.39 is 6.10 Å². The van der Waals surface area contributed by atoms with Crippen LogP contribution < -0.4 is 0 Å². The highest BCUT2D eigenvalue weighted by Gasteiger charge is 2.63. The van der Waals surface area contributed by atoms with Crippen LogP contribution in [0.2, 0.25) is 0 Å². The molecular formula is C22H42O. The molecule has 1 unspecified atom stereocenters. The van der Waals surface area contributed by atoms with Crippen molar-refractivity contribution >= 4 is 0 Å². The third-order valence-corrected chi connectivity index (χ3v) is 6.98. The molecular weight excluding hydrogens is 280 g/mol. The lowest BCUT2D eigenvalue weighted by molar-refractivity contribution is -0.173. The van der Waals surface area contributed by atoms with Crippen molar-refractivity contribution in [2.45, 2.75) is 95.6 Å². The van der Waals surface area contributed by atoms with Crippen LogP contribution in [0.4, 0.5) is 0 Å². The highest BCUT2D eigenvalue weighted by Crippen LogP contribution is 2.68. The van der Waals surface area contributed by atoms with Crippen molar-refractivity contribution in [3.05, 3.63) is 12.2 Å². The van der Waals surface area contributed by atoms with E-state index in [1.807, 2.05) is 0 Å². The second kappa shape index (κ2) is 5.35. The Morgan fingerprint density at radius 3 is 1.30 bits per heavy atom. The normalized spacial score (nSPS) is 25.5. The number of hydrogen-bond donors (Lipinski definition) is 1. The molecule has 0 aliphatic heterocycles. The number of allylic oxidation sites excluding steroid dienone is 1. The number of aliphatic hydroxyl groups is 1. The molecule has 0 saturated heterocycles. The average Bonchev–Trinajstić information content (AvgIpc) is 2.22. The minimum Gasteiger partial charge on any atom is -0.388 e. The largest absolute Gasteiger partial charge is 0.388 e. The molecule has 0 fully saturated rings. The third kappa shape index (κ3) is 2.92. The molecule has 1 aliphatic rings. The van der Waals surface area contributed by atoms with Gasteiger partial charge in [0.05, 0.1) is 6.10 Å². The Hall–Kier alpha value is -0.300. The summed E-state index contributed by atoms with van der Waals surface area (Å²) in [5.74, 6) is 0. The fourth-order valence-corrected chi connectivity index (χ4v) is 5.72. The van der Waals surface area contributed by atoms with E-state index in [1.54, 1.807) is 0 Å². The van der Waals surface area contributed by atoms with E-state index in [2.05, 4.69) is 95.2 Å². The van der Waals surface area contributed by atoms with Gasteiger partial charge in [0, 0.05) is 5.41 Å². The summed E-state index contributed by atoms with van der Waals surface area (Å²) in [5.41, 5.74) is 0.150. The zero-order chi connectivity index (χ0) is 18.7. The fourth-order valence-electron chi connectivity index (χ4n) is 5.72. The standard InChI is InChI=1S/C22H42O/c1-17(2,3)21(18(4,5)6)14-13-16(23)22(15-21,19(7,8)9)20(10,11)12/h13-14,16,23H,15H2,1-12H3. The van der Waals surface area contributed by atoms with E-state index >= 15 is 0 Å². The summed E-state index contributed by atoms with van der Waals surface area (Å²) < 4.78 is 0. The molecule has 0 aromatic heterocycles. The van der Waals surface area contributed by atoms with Crippen LogP contribution in [-0.2, 0) is 0 Å². The van der Waals surface area contributed by atoms with Crippen LogP contribution in [0.3, 0.4) is 0 Å². The van der Waals surface area contributed by atoms with Crippen molar-refractivity contribution in [2.24, 2.45) is 32.5 Å². The Labute approximate surface area is 146 Å². The summed E-state index contributed by atoms with van der Waals surface area (Å²) in [6, 6.07) is 0. The maximum atomic E-state index is 11.2. The summed E-state index contributed by atoms with van der Waals surface area (Å²) in [7, 11) is 0. The quantitative estimate of drug-likeness (QED) is 0.507. The molecule has 0 aromatic rings. The van der Waals surface area contributed by atoms with Gasteiger partial charge < -0.3 is 5.11 Å². The molecule has 1 atom stereocenters. The SMILES string of the molecule is CC(C)(C)C1(C(C)(C)C)C=CC(O)C(C(C)(C)C)(C(C)(C)C)C1. The molecule has 1 rings (SSSR count). The second-order valence-electron chi connectivity index (χ2n) is 11.9. The summed E-state index contributed by atoms with van der Waals surface area (Å²) in [6.07, 6.45) is 5.06. The first kappa shape index (κ1) is 20.7. The molecule has 0 radical (unpaired) electrons. The maximum Gasteiger partial charge on any atom is 0.0787 e. The summed E-state index contributed by atoms with van der Waals surface area (Å²) in [6.45, 7) is 28.0. The van der Waals surface area contributed by atoms with E-state index in [4.69, 9.17) is 0 Å². The van der Waals surface area contributed by atoms with Crippen LogP contribution in [0.25, 0.3) is 0 Å². The number of rotatable bonds is 0. The lowest BCUT2D eigenvalue weighted by Crippen LogP contribution is -2.62. The Bertz CT molecular complexity index is 426. The van der Waals surface area contributed by atoms with Gasteiger partial charge in [0.25, 0.3) is 0 Å². The van der Waals surface area contributed by atoms with Crippen LogP contribution >= 0.6 is 0 Å². The van der Waals surface area contributed by atoms with Gasteiger partial charge in [-0.1, -0.05) is 95.2 Å². The molecule has 0 spiro atoms. The molecule has 1 N–H and O–H groups in total. The molecule has 0 aromatic carbocycles. The number of hydrogen-bond acceptors (Lipinski definition) is 1. The minimum atomic E-state index is -0.402. The zero-order valence-corrected chi connectivity index (χ0v) is 17.9. The van der Waals surface area contributed by atoms with Gasteiger partial charge in [-0.25, -0.2) is 0 Å². The Kier molecular flexibility index (Phi) is 4.82. The van der Waals surface area contributed by atoms with Gasteiger partial charge in [-0.2, -0.15) is 0 Å². The van der Waals surface area contributed by atoms with E-state index in [-0.39, 0.29) is 32.5 Å². The zero-order valence-electron chi connectivity index (χ0n) is 17.9. The lowest BCUT2D eigenvalue weighted by Gasteiger charge is -2.66. The molecule has 0 heterocycles. The van der Waals surface area contributed by atoms with Crippen molar-refractivity contribution in [3.8, 4) is 0 Å². The Morgan fingerprint density at radius 1 is 0.696 bits per heavy atom. The van der Waals surface area contributed by atoms with Crippen molar-refractivity contribution in [1.29, 1.82) is 0 Å². The van der Waals surface area contributed by atoms with Crippen LogP contribution in [0.15, 0.2) is 12.2 Å². The van der Waals surface area contributed by atoms with Crippen LogP contribution in [0.5, 0.6) is 0 Å². The van der Waals surface area contributed by atoms with Gasteiger partial charge in [-0.3, -0.25) is 0 Å². The molecule has 1 aliphatic carbocycles. The van der Waals surface area contributed by atoms with Crippen molar-refractivity contribution < 1.29 is 5.11 Å². The molecule has 0 amide bonds. The fraction of sp³-hybridized carbons (Fsp3) is 0.909. The van der Waals surface area contributed by atoms with Crippen molar-refractivity contribution in [3.63, 3.8) is 0 Å². The van der Waals surface area contributed by atoms with Gasteiger partial charge >= 0.3 is 0 Å². The Balaban J connectivity index is 3.78. The van der Waals surface area contributed by atoms with Gasteiger partial charge in [0.1, 0.15) is 0 Å². The van der Waals surface area contributed by atoms with Crippen LogP contribution in [-0.4, -0.2) is 11.2 Å². The minimum absolute atomic E-state index is 0.0111. The first-order valence-corrected chi connectivity index (χ1v) is 9.21. The predicted octanol–water partition coefficient (Wildman–Crippen LogP) is 6.46. The molecule has 0 bridgehead atoms. The molecule has 136 valence electrons. The van der Waals surface area contributed by atoms with Crippen LogP contribution in [0, 0.1) is 32.5 Å². The number of aliphatic hydroxyl groups excluding tert-OH is 1. The summed E-state index contributed by atoms with van der Waals surface area (Å²) in [4.78, 5) is 0. The van der Waals surface area contributed by atoms with Crippen molar-refractivity contribution in [2.75, 3.05) is 0 Å². The monoisotopic (exact) mass is 322 g/mol. The lowest BCUT2D eigenvalue weighted by atomic mass is 9.39. The Morgan fingerprint density at radius 2 is 1.04 bits per heavy atom. The van der Waals surface area contributed by atoms with E-state index in [1.165, 1.54) is 0 Å². The van der Waals surface area contributed by atoms with Gasteiger partial charge in [0.15, 0.2) is 0 Å². The smallest absolute Gasteiger partial charge is 0.0787 e. The van der Waals surface area contributed by atoms with E-state index in [0.717, 1.165) is 6.42 Å². The van der Waals surface area contributed by atoms with Gasteiger partial charge in [-0.05, 0) is 33.5 Å². The molecule has 1 nitrogen and oxygen atoms in total. The van der Waals surface area contributed by atoms with Crippen molar-refractivity contribution in [1.82, 2.24) is 0 Å². The molecule has 0 saturated carbocycles. The molecule has 23 heavy (non-hydrogen) atoms. The van der Waals surface area contributed by atoms with Crippen LogP contribution in [0.1, 0.15) is 89.5 Å². The predicted molar refractivity (Wildman–Crippen MR) is 102 cm³/mol. The summed E-state index contributed by atoms with van der Waals surface area (Å²) >= 11 is 0. The topological polar surface area (TPSA) is 20.2 Å². The first-order valence-electron chi connectivity index (χ1n) is 9.21. The first-order chi connectivity index (χ1) is 9.83. The van der Waals surface area contributed by atoms with E-state index in [0.29, 0.717) is 0 Å². The highest BCUT2D eigenvalue weighted by molar-refractivity contribution is 5.24. The average molecular weight is 323 g/mol. The maximum absolute atomic E-state index is 11.2. The highest BCUT2D eigenvalue weighted by atomic mass is 16.3. The molecule has 1 heteroatoms.